The third-order valence-corrected chi connectivity index (χ3v) is 2.96. The van der Waals surface area contributed by atoms with Gasteiger partial charge in [-0.3, -0.25) is 0 Å². The van der Waals surface area contributed by atoms with Crippen LogP contribution in [0.25, 0.3) is 0 Å². The molecule has 0 radical (unpaired) electrons. The molecule has 0 saturated carbocycles. The van der Waals surface area contributed by atoms with Gasteiger partial charge in [-0.25, -0.2) is 4.79 Å². The Bertz CT molecular complexity index is 248. The van der Waals surface area contributed by atoms with Crippen molar-refractivity contribution in [1.82, 2.24) is 4.90 Å². The summed E-state index contributed by atoms with van der Waals surface area (Å²) in [4.78, 5) is 13.6. The summed E-state index contributed by atoms with van der Waals surface area (Å²) in [5, 5.41) is 0. The summed E-state index contributed by atoms with van der Waals surface area (Å²) in [5.41, 5.74) is 5.15. The van der Waals surface area contributed by atoms with Gasteiger partial charge in [-0.1, -0.05) is 6.92 Å². The molecular formula is C12H24N2O2. The van der Waals surface area contributed by atoms with Gasteiger partial charge in [0, 0.05) is 13.1 Å². The first-order valence-electron chi connectivity index (χ1n) is 6.01. The number of nitrogens with zero attached hydrogens (tertiary/aromatic N) is 1. The number of carbonyl (C=O) groups excluding carboxylic acids is 1. The molecule has 2 N–H and O–H groups in total. The van der Waals surface area contributed by atoms with Crippen LogP contribution in [0.3, 0.4) is 0 Å². The molecule has 0 aliphatic carbocycles. The van der Waals surface area contributed by atoms with Gasteiger partial charge in [0.2, 0.25) is 0 Å². The summed E-state index contributed by atoms with van der Waals surface area (Å²) in [5.74, 6) is 1.05. The fourth-order valence-corrected chi connectivity index (χ4v) is 2.10. The van der Waals surface area contributed by atoms with E-state index in [0.717, 1.165) is 19.5 Å². The molecule has 94 valence electrons. The average molecular weight is 228 g/mol. The van der Waals surface area contributed by atoms with Crippen LogP contribution in [0.15, 0.2) is 0 Å². The molecule has 1 heterocycles. The zero-order valence-corrected chi connectivity index (χ0v) is 10.8. The van der Waals surface area contributed by atoms with Gasteiger partial charge in [0.25, 0.3) is 0 Å². The summed E-state index contributed by atoms with van der Waals surface area (Å²) >= 11 is 0. The minimum absolute atomic E-state index is 0.195. The molecule has 1 aliphatic heterocycles. The number of nitrogens with two attached hydrogens (primary N) is 1. The second-order valence-corrected chi connectivity index (χ2v) is 5.70. The van der Waals surface area contributed by atoms with Gasteiger partial charge in [-0.05, 0) is 45.6 Å². The fourth-order valence-electron chi connectivity index (χ4n) is 2.10. The second-order valence-electron chi connectivity index (χ2n) is 5.70. The van der Waals surface area contributed by atoms with E-state index in [9.17, 15) is 4.79 Å². The zero-order valence-electron chi connectivity index (χ0n) is 10.8. The Morgan fingerprint density at radius 2 is 2.06 bits per heavy atom. The van der Waals surface area contributed by atoms with E-state index in [1.54, 1.807) is 4.90 Å². The number of hydrogen-bond acceptors (Lipinski definition) is 3. The Kier molecular flexibility index (Phi) is 4.19. The highest BCUT2D eigenvalue weighted by atomic mass is 16.6. The molecule has 1 amide bonds. The van der Waals surface area contributed by atoms with Crippen molar-refractivity contribution < 1.29 is 9.53 Å². The average Bonchev–Trinajstić information content (AvgIpc) is 2.46. The van der Waals surface area contributed by atoms with E-state index in [4.69, 9.17) is 10.5 Å². The summed E-state index contributed by atoms with van der Waals surface area (Å²) in [7, 11) is 0. The third kappa shape index (κ3) is 3.67. The number of rotatable bonds is 2. The van der Waals surface area contributed by atoms with E-state index < -0.39 is 5.60 Å². The van der Waals surface area contributed by atoms with Crippen LogP contribution in [0.1, 0.15) is 34.1 Å². The van der Waals surface area contributed by atoms with Gasteiger partial charge in [0.15, 0.2) is 0 Å². The van der Waals surface area contributed by atoms with Crippen LogP contribution < -0.4 is 5.73 Å². The largest absolute Gasteiger partial charge is 0.444 e. The highest BCUT2D eigenvalue weighted by Crippen LogP contribution is 2.26. The van der Waals surface area contributed by atoms with Crippen molar-refractivity contribution in [2.75, 3.05) is 19.6 Å². The molecule has 1 fully saturated rings. The molecular weight excluding hydrogens is 204 g/mol. The predicted molar refractivity (Wildman–Crippen MR) is 64.1 cm³/mol. The first-order valence-corrected chi connectivity index (χ1v) is 6.01. The van der Waals surface area contributed by atoms with E-state index >= 15 is 0 Å². The van der Waals surface area contributed by atoms with Crippen LogP contribution in [-0.2, 0) is 4.74 Å². The molecule has 0 spiro atoms. The Morgan fingerprint density at radius 1 is 1.44 bits per heavy atom. The molecule has 0 aromatic carbocycles. The van der Waals surface area contributed by atoms with E-state index in [1.165, 1.54) is 0 Å². The number of ether oxygens (including phenoxy) is 1. The highest BCUT2D eigenvalue weighted by Gasteiger charge is 2.33. The number of likely N-dealkylation sites (tertiary alicyclic amines) is 1. The quantitative estimate of drug-likeness (QED) is 0.784. The van der Waals surface area contributed by atoms with Crippen LogP contribution in [0.5, 0.6) is 0 Å². The zero-order chi connectivity index (χ0) is 12.3. The van der Waals surface area contributed by atoms with Crippen molar-refractivity contribution in [3.8, 4) is 0 Å². The molecule has 4 nitrogen and oxygen atoms in total. The molecule has 0 bridgehead atoms. The molecule has 1 rings (SSSR count). The minimum atomic E-state index is -0.410. The first kappa shape index (κ1) is 13.3. The number of amides is 1. The second kappa shape index (κ2) is 5.04. The minimum Gasteiger partial charge on any atom is -0.444 e. The van der Waals surface area contributed by atoms with Crippen molar-refractivity contribution in [3.63, 3.8) is 0 Å². The Morgan fingerprint density at radius 3 is 2.56 bits per heavy atom. The normalized spacial score (nSPS) is 25.9. The lowest BCUT2D eigenvalue weighted by Crippen LogP contribution is -2.35. The summed E-state index contributed by atoms with van der Waals surface area (Å²) in [6.45, 7) is 10.1. The standard InChI is InChI=1S/C12H24N2O2/c1-9-7-14(8-10(9)5-6-13)11(15)16-12(2,3)4/h9-10H,5-8,13H2,1-4H3. The molecule has 0 aromatic heterocycles. The van der Waals surface area contributed by atoms with Gasteiger partial charge >= 0.3 is 6.09 Å². The summed E-state index contributed by atoms with van der Waals surface area (Å²) in [6, 6.07) is 0. The lowest BCUT2D eigenvalue weighted by Gasteiger charge is -2.24. The van der Waals surface area contributed by atoms with Crippen molar-refractivity contribution in [2.24, 2.45) is 17.6 Å². The monoisotopic (exact) mass is 228 g/mol. The Hall–Kier alpha value is -0.770. The van der Waals surface area contributed by atoms with Gasteiger partial charge in [0.05, 0.1) is 0 Å². The summed E-state index contributed by atoms with van der Waals surface area (Å²) < 4.78 is 5.35. The fraction of sp³-hybridized carbons (Fsp3) is 0.917. The lowest BCUT2D eigenvalue weighted by atomic mass is 9.95. The Balaban J connectivity index is 2.48. The third-order valence-electron chi connectivity index (χ3n) is 2.96. The van der Waals surface area contributed by atoms with Crippen LogP contribution in [0.4, 0.5) is 4.79 Å². The smallest absolute Gasteiger partial charge is 0.410 e. The van der Waals surface area contributed by atoms with E-state index in [1.807, 2.05) is 20.8 Å². The van der Waals surface area contributed by atoms with Gasteiger partial charge in [-0.2, -0.15) is 0 Å². The van der Waals surface area contributed by atoms with Gasteiger partial charge < -0.3 is 15.4 Å². The maximum atomic E-state index is 11.8. The maximum Gasteiger partial charge on any atom is 0.410 e. The molecule has 1 aliphatic rings. The van der Waals surface area contributed by atoms with Crippen LogP contribution in [0.2, 0.25) is 0 Å². The van der Waals surface area contributed by atoms with Crippen LogP contribution >= 0.6 is 0 Å². The SMILES string of the molecule is CC1CN(C(=O)OC(C)(C)C)CC1CCN. The molecule has 2 atom stereocenters. The van der Waals surface area contributed by atoms with E-state index in [0.29, 0.717) is 18.4 Å². The predicted octanol–water partition coefficient (Wildman–Crippen LogP) is 1.84. The van der Waals surface area contributed by atoms with Crippen LogP contribution in [-0.4, -0.2) is 36.2 Å². The molecule has 4 heteroatoms. The van der Waals surface area contributed by atoms with Crippen molar-refractivity contribution >= 4 is 6.09 Å². The number of hydrogen-bond donors (Lipinski definition) is 1. The van der Waals surface area contributed by atoms with Crippen LogP contribution in [0, 0.1) is 11.8 Å². The molecule has 16 heavy (non-hydrogen) atoms. The highest BCUT2D eigenvalue weighted by molar-refractivity contribution is 5.68. The lowest BCUT2D eigenvalue weighted by molar-refractivity contribution is 0.0284. The molecule has 1 saturated heterocycles. The van der Waals surface area contributed by atoms with Gasteiger partial charge in [-0.15, -0.1) is 0 Å². The molecule has 0 aromatic rings. The van der Waals surface area contributed by atoms with E-state index in [2.05, 4.69) is 6.92 Å². The first-order chi connectivity index (χ1) is 7.33. The maximum absolute atomic E-state index is 11.8. The summed E-state index contributed by atoms with van der Waals surface area (Å²) in [6.07, 6.45) is 0.791. The van der Waals surface area contributed by atoms with Gasteiger partial charge in [0.1, 0.15) is 5.60 Å². The van der Waals surface area contributed by atoms with E-state index in [-0.39, 0.29) is 6.09 Å². The van der Waals surface area contributed by atoms with Crippen molar-refractivity contribution in [1.29, 1.82) is 0 Å². The Labute approximate surface area is 98.1 Å². The topological polar surface area (TPSA) is 55.6 Å². The number of carbonyl (C=O) groups is 1. The molecule has 2 unspecified atom stereocenters. The van der Waals surface area contributed by atoms with Crippen molar-refractivity contribution in [2.45, 2.75) is 39.7 Å². The van der Waals surface area contributed by atoms with Crippen molar-refractivity contribution in [3.05, 3.63) is 0 Å².